The highest BCUT2D eigenvalue weighted by atomic mass is 35.5. The van der Waals surface area contributed by atoms with E-state index in [1.807, 2.05) is 24.3 Å². The molecule has 36 heavy (non-hydrogen) atoms. The second-order valence-electron chi connectivity index (χ2n) is 8.92. The SMILES string of the molecule is O=C(NC(CC(=O)N1CCCC1)c1nnc(-c2ccc(N3CCCCC3=O)cc2)o1)c1ccc(Cl)s1. The van der Waals surface area contributed by atoms with Gasteiger partial charge in [0.2, 0.25) is 23.6 Å². The Balaban J connectivity index is 1.34. The molecule has 1 atom stereocenters. The van der Waals surface area contributed by atoms with Crippen molar-refractivity contribution < 1.29 is 18.8 Å². The van der Waals surface area contributed by atoms with Crippen molar-refractivity contribution >= 4 is 46.3 Å². The molecular weight excluding hydrogens is 502 g/mol. The summed E-state index contributed by atoms with van der Waals surface area (Å²) in [7, 11) is 0. The largest absolute Gasteiger partial charge is 0.418 e. The number of carbonyl (C=O) groups is 3. The van der Waals surface area contributed by atoms with Crippen LogP contribution in [0.15, 0.2) is 40.8 Å². The van der Waals surface area contributed by atoms with Crippen LogP contribution in [0.1, 0.15) is 60.1 Å². The monoisotopic (exact) mass is 527 g/mol. The molecule has 3 aromatic rings. The lowest BCUT2D eigenvalue weighted by atomic mass is 10.1. The van der Waals surface area contributed by atoms with E-state index in [0.29, 0.717) is 40.8 Å². The van der Waals surface area contributed by atoms with Crippen LogP contribution in [-0.2, 0) is 9.59 Å². The van der Waals surface area contributed by atoms with E-state index in [2.05, 4.69) is 15.5 Å². The van der Waals surface area contributed by atoms with Gasteiger partial charge in [-0.25, -0.2) is 0 Å². The van der Waals surface area contributed by atoms with E-state index >= 15 is 0 Å². The number of nitrogens with zero attached hydrogens (tertiary/aromatic N) is 4. The van der Waals surface area contributed by atoms with Crippen LogP contribution < -0.4 is 10.2 Å². The van der Waals surface area contributed by atoms with Gasteiger partial charge in [-0.1, -0.05) is 11.6 Å². The van der Waals surface area contributed by atoms with Crippen LogP contribution in [0.25, 0.3) is 11.5 Å². The average Bonchev–Trinajstić information content (AvgIpc) is 3.66. The number of halogens is 1. The van der Waals surface area contributed by atoms with Crippen molar-refractivity contribution in [3.63, 3.8) is 0 Å². The highest BCUT2D eigenvalue weighted by Gasteiger charge is 2.29. The maximum Gasteiger partial charge on any atom is 0.262 e. The van der Waals surface area contributed by atoms with Gasteiger partial charge in [0.15, 0.2) is 0 Å². The molecule has 0 radical (unpaired) electrons. The zero-order chi connectivity index (χ0) is 25.1. The van der Waals surface area contributed by atoms with Crippen molar-refractivity contribution in [3.05, 3.63) is 51.5 Å². The molecule has 2 aliphatic rings. The number of rotatable bonds is 7. The van der Waals surface area contributed by atoms with Crippen molar-refractivity contribution in [1.29, 1.82) is 0 Å². The Labute approximate surface area is 217 Å². The smallest absolute Gasteiger partial charge is 0.262 e. The molecule has 2 aromatic heterocycles. The van der Waals surface area contributed by atoms with Gasteiger partial charge in [-0.3, -0.25) is 14.4 Å². The molecule has 2 aliphatic heterocycles. The highest BCUT2D eigenvalue weighted by Crippen LogP contribution is 2.28. The quantitative estimate of drug-likeness (QED) is 0.486. The number of thiophene rings is 1. The second kappa shape index (κ2) is 10.8. The fourth-order valence-electron chi connectivity index (χ4n) is 4.49. The molecule has 1 aromatic carbocycles. The number of benzene rings is 1. The van der Waals surface area contributed by atoms with Crippen LogP contribution in [0.5, 0.6) is 0 Å². The number of carbonyl (C=O) groups excluding carboxylic acids is 3. The van der Waals surface area contributed by atoms with Gasteiger partial charge >= 0.3 is 0 Å². The summed E-state index contributed by atoms with van der Waals surface area (Å²) in [5, 5.41) is 11.2. The summed E-state index contributed by atoms with van der Waals surface area (Å²) in [6.45, 7) is 2.13. The predicted octanol–water partition coefficient (Wildman–Crippen LogP) is 4.45. The van der Waals surface area contributed by atoms with Crippen molar-refractivity contribution in [2.75, 3.05) is 24.5 Å². The Hall–Kier alpha value is -3.24. The molecule has 1 N–H and O–H groups in total. The molecule has 1 unspecified atom stereocenters. The van der Waals surface area contributed by atoms with Gasteiger partial charge < -0.3 is 19.5 Å². The molecule has 9 nitrogen and oxygen atoms in total. The molecule has 5 rings (SSSR count). The molecular formula is C25H26ClN5O4S. The number of aromatic nitrogens is 2. The van der Waals surface area contributed by atoms with E-state index in [4.69, 9.17) is 16.0 Å². The third kappa shape index (κ3) is 5.44. The summed E-state index contributed by atoms with van der Waals surface area (Å²) in [6, 6.07) is 9.87. The average molecular weight is 528 g/mol. The summed E-state index contributed by atoms with van der Waals surface area (Å²) >= 11 is 7.14. The van der Waals surface area contributed by atoms with Gasteiger partial charge in [0.25, 0.3) is 5.91 Å². The zero-order valence-corrected chi connectivity index (χ0v) is 21.2. The molecule has 2 fully saturated rings. The van der Waals surface area contributed by atoms with Gasteiger partial charge in [0.1, 0.15) is 6.04 Å². The molecule has 11 heteroatoms. The highest BCUT2D eigenvalue weighted by molar-refractivity contribution is 7.18. The van der Waals surface area contributed by atoms with E-state index in [-0.39, 0.29) is 35.9 Å². The fraction of sp³-hybridized carbons (Fsp3) is 0.400. The summed E-state index contributed by atoms with van der Waals surface area (Å²) in [5.41, 5.74) is 1.52. The van der Waals surface area contributed by atoms with Crippen molar-refractivity contribution in [1.82, 2.24) is 20.4 Å². The molecule has 0 bridgehead atoms. The summed E-state index contributed by atoms with van der Waals surface area (Å²) < 4.78 is 6.43. The Morgan fingerprint density at radius 1 is 1.03 bits per heavy atom. The van der Waals surface area contributed by atoms with Crippen LogP contribution in [-0.4, -0.2) is 52.5 Å². The minimum absolute atomic E-state index is 0.0164. The zero-order valence-electron chi connectivity index (χ0n) is 19.6. The molecule has 3 amide bonds. The van der Waals surface area contributed by atoms with Crippen LogP contribution in [0, 0.1) is 0 Å². The second-order valence-corrected chi connectivity index (χ2v) is 10.6. The van der Waals surface area contributed by atoms with Gasteiger partial charge in [-0.2, -0.15) is 0 Å². The number of piperidine rings is 1. The van der Waals surface area contributed by atoms with E-state index in [0.717, 1.165) is 42.7 Å². The molecule has 4 heterocycles. The van der Waals surface area contributed by atoms with E-state index < -0.39 is 6.04 Å². The maximum atomic E-state index is 12.9. The van der Waals surface area contributed by atoms with Crippen LogP contribution in [0.3, 0.4) is 0 Å². The molecule has 0 aliphatic carbocycles. The molecule has 0 saturated carbocycles. The number of nitrogens with one attached hydrogen (secondary N) is 1. The van der Waals surface area contributed by atoms with Crippen LogP contribution >= 0.6 is 22.9 Å². The first-order valence-electron chi connectivity index (χ1n) is 12.1. The normalized spacial score (nSPS) is 16.9. The third-order valence-corrected chi connectivity index (χ3v) is 7.66. The summed E-state index contributed by atoms with van der Waals surface area (Å²) in [4.78, 5) is 41.9. The lowest BCUT2D eigenvalue weighted by Gasteiger charge is -2.26. The first-order valence-corrected chi connectivity index (χ1v) is 13.3. The Morgan fingerprint density at radius 3 is 2.47 bits per heavy atom. The van der Waals surface area contributed by atoms with Gasteiger partial charge in [-0.05, 0) is 62.1 Å². The molecule has 188 valence electrons. The molecule has 2 saturated heterocycles. The Kier molecular flexibility index (Phi) is 7.33. The third-order valence-electron chi connectivity index (χ3n) is 6.43. The maximum absolute atomic E-state index is 12.9. The molecule has 0 spiro atoms. The number of hydrogen-bond acceptors (Lipinski definition) is 7. The Morgan fingerprint density at radius 2 is 1.78 bits per heavy atom. The lowest BCUT2D eigenvalue weighted by molar-refractivity contribution is -0.130. The fourth-order valence-corrected chi connectivity index (χ4v) is 5.44. The van der Waals surface area contributed by atoms with E-state index in [9.17, 15) is 14.4 Å². The Bertz CT molecular complexity index is 1250. The number of likely N-dealkylation sites (tertiary alicyclic amines) is 1. The van der Waals surface area contributed by atoms with Crippen molar-refractivity contribution in [2.24, 2.45) is 0 Å². The first-order chi connectivity index (χ1) is 17.5. The van der Waals surface area contributed by atoms with Crippen molar-refractivity contribution in [3.8, 4) is 11.5 Å². The van der Waals surface area contributed by atoms with E-state index in [1.165, 1.54) is 0 Å². The van der Waals surface area contributed by atoms with E-state index in [1.54, 1.807) is 21.9 Å². The van der Waals surface area contributed by atoms with Gasteiger partial charge in [0.05, 0.1) is 15.6 Å². The topological polar surface area (TPSA) is 109 Å². The van der Waals surface area contributed by atoms with Crippen LogP contribution in [0.4, 0.5) is 5.69 Å². The van der Waals surface area contributed by atoms with Crippen LogP contribution in [0.2, 0.25) is 4.34 Å². The minimum atomic E-state index is -0.780. The number of hydrogen-bond donors (Lipinski definition) is 1. The summed E-state index contributed by atoms with van der Waals surface area (Å²) in [5.74, 6) is 0.124. The number of amides is 3. The predicted molar refractivity (Wildman–Crippen MR) is 136 cm³/mol. The first kappa shape index (κ1) is 24.5. The lowest BCUT2D eigenvalue weighted by Crippen LogP contribution is -2.35. The van der Waals surface area contributed by atoms with Gasteiger partial charge in [0, 0.05) is 37.3 Å². The summed E-state index contributed by atoms with van der Waals surface area (Å²) in [6.07, 6.45) is 4.44. The number of anilines is 1. The van der Waals surface area contributed by atoms with Gasteiger partial charge in [-0.15, -0.1) is 21.5 Å². The van der Waals surface area contributed by atoms with Crippen molar-refractivity contribution in [2.45, 2.75) is 44.6 Å². The minimum Gasteiger partial charge on any atom is -0.418 e. The standard InChI is InChI=1S/C25H26ClN5O4S/c26-20-11-10-19(36-20)23(34)27-18(15-22(33)30-12-3-4-13-30)25-29-28-24(35-25)16-6-8-17(9-7-16)31-14-2-1-5-21(31)32/h6-11,18H,1-5,12-15H2,(H,27,34).